The molecule has 9 heteroatoms. The number of carboxylic acids is 1. The van der Waals surface area contributed by atoms with E-state index in [9.17, 15) is 30.3 Å². The summed E-state index contributed by atoms with van der Waals surface area (Å²) in [4.78, 5) is 10.5. The van der Waals surface area contributed by atoms with Crippen LogP contribution in [0.1, 0.15) is 110 Å². The van der Waals surface area contributed by atoms with Crippen LogP contribution in [0.25, 0.3) is 0 Å². The van der Waals surface area contributed by atoms with Crippen LogP contribution in [-0.2, 0) is 14.3 Å². The first-order chi connectivity index (χ1) is 16.8. The molecule has 35 heavy (non-hydrogen) atoms. The lowest BCUT2D eigenvalue weighted by Gasteiger charge is -2.41. The van der Waals surface area contributed by atoms with Gasteiger partial charge in [0.05, 0.1) is 18.8 Å². The van der Waals surface area contributed by atoms with Crippen molar-refractivity contribution in [3.05, 3.63) is 0 Å². The Hall–Kier alpha value is -0.810. The van der Waals surface area contributed by atoms with Gasteiger partial charge in [0.15, 0.2) is 6.29 Å². The largest absolute Gasteiger partial charge is 0.481 e. The van der Waals surface area contributed by atoms with E-state index in [0.717, 1.165) is 38.5 Å². The number of unbranched alkanes of at least 4 members (excludes halogenated alkanes) is 13. The maximum Gasteiger partial charge on any atom is 0.303 e. The van der Waals surface area contributed by atoms with Crippen molar-refractivity contribution in [3.8, 4) is 0 Å². The summed E-state index contributed by atoms with van der Waals surface area (Å²) in [6, 6.07) is 0. The van der Waals surface area contributed by atoms with E-state index in [1.54, 1.807) is 6.92 Å². The molecule has 208 valence electrons. The van der Waals surface area contributed by atoms with Gasteiger partial charge in [0.2, 0.25) is 0 Å². The molecule has 0 amide bonds. The van der Waals surface area contributed by atoms with Gasteiger partial charge in [-0.1, -0.05) is 83.5 Å². The minimum absolute atomic E-state index is 0.289. The molecule has 1 aliphatic rings. The zero-order valence-corrected chi connectivity index (χ0v) is 21.5. The molecule has 0 spiro atoms. The Labute approximate surface area is 210 Å². The Morgan fingerprint density at radius 3 is 1.66 bits per heavy atom. The summed E-state index contributed by atoms with van der Waals surface area (Å²) in [5, 5.41) is 57.9. The quantitative estimate of drug-likeness (QED) is 0.129. The molecular formula is C26H50O9. The van der Waals surface area contributed by atoms with Crippen LogP contribution in [0.5, 0.6) is 0 Å². The standard InChI is InChI=1S/C26H50O9/c1-19(28)20(34-26-25(33)24(32)23(31)21(18-27)35-26)16-14-12-10-8-6-4-2-3-5-7-9-11-13-15-17-22(29)30/h19-21,23-28,31-33H,2-18H2,1H3,(H,29,30)/t19-,20+,21-,23+,24+,25+,26-/m0/s1. The summed E-state index contributed by atoms with van der Waals surface area (Å²) in [6.07, 6.45) is 8.69. The smallest absolute Gasteiger partial charge is 0.303 e. The second kappa shape index (κ2) is 19.3. The van der Waals surface area contributed by atoms with Gasteiger partial charge in [0, 0.05) is 6.42 Å². The molecule has 1 rings (SSSR count). The van der Waals surface area contributed by atoms with Gasteiger partial charge in [0.25, 0.3) is 0 Å². The minimum Gasteiger partial charge on any atom is -0.481 e. The van der Waals surface area contributed by atoms with Crippen molar-refractivity contribution in [3.63, 3.8) is 0 Å². The molecule has 0 saturated carbocycles. The summed E-state index contributed by atoms with van der Waals surface area (Å²) in [7, 11) is 0. The SMILES string of the molecule is C[C@H](O)[C@@H](CCCCCCCCCCCCCCCCC(=O)O)O[C@H]1O[C@@H](CO)[C@@H](O)[C@@H](O)[C@H]1O. The van der Waals surface area contributed by atoms with Crippen LogP contribution in [0, 0.1) is 0 Å². The zero-order valence-electron chi connectivity index (χ0n) is 21.5. The number of carboxylic acid groups (broad SMARTS) is 1. The normalized spacial score (nSPS) is 26.5. The van der Waals surface area contributed by atoms with Crippen molar-refractivity contribution >= 4 is 5.97 Å². The predicted molar refractivity (Wildman–Crippen MR) is 132 cm³/mol. The molecule has 0 unspecified atom stereocenters. The predicted octanol–water partition coefficient (Wildman–Crippen LogP) is 2.88. The first kappa shape index (κ1) is 32.2. The first-order valence-electron chi connectivity index (χ1n) is 13.6. The number of carbonyl (C=O) groups is 1. The third kappa shape index (κ3) is 13.9. The van der Waals surface area contributed by atoms with E-state index in [1.165, 1.54) is 51.4 Å². The summed E-state index contributed by atoms with van der Waals surface area (Å²) < 4.78 is 11.1. The number of aliphatic hydroxyl groups excluding tert-OH is 5. The third-order valence-corrected chi connectivity index (χ3v) is 6.82. The van der Waals surface area contributed by atoms with Crippen molar-refractivity contribution in [1.82, 2.24) is 0 Å². The second-order valence-electron chi connectivity index (χ2n) is 9.99. The number of aliphatic carboxylic acids is 1. The lowest BCUT2D eigenvalue weighted by atomic mass is 9.99. The Balaban J connectivity index is 2.04. The molecule has 9 nitrogen and oxygen atoms in total. The van der Waals surface area contributed by atoms with E-state index >= 15 is 0 Å². The number of rotatable bonds is 21. The average Bonchev–Trinajstić information content (AvgIpc) is 2.82. The van der Waals surface area contributed by atoms with E-state index in [4.69, 9.17) is 14.6 Å². The van der Waals surface area contributed by atoms with Crippen LogP contribution in [-0.4, -0.2) is 86.1 Å². The van der Waals surface area contributed by atoms with Crippen molar-refractivity contribution in [1.29, 1.82) is 0 Å². The molecule has 0 aromatic heterocycles. The molecule has 1 aliphatic heterocycles. The minimum atomic E-state index is -1.49. The van der Waals surface area contributed by atoms with Crippen molar-refractivity contribution in [2.45, 2.75) is 153 Å². The topological polar surface area (TPSA) is 157 Å². The van der Waals surface area contributed by atoms with Gasteiger partial charge in [0.1, 0.15) is 24.4 Å². The molecular weight excluding hydrogens is 456 g/mol. The fourth-order valence-electron chi connectivity index (χ4n) is 4.52. The van der Waals surface area contributed by atoms with E-state index in [0.29, 0.717) is 6.42 Å². The highest BCUT2D eigenvalue weighted by Crippen LogP contribution is 2.25. The molecule has 0 radical (unpaired) electrons. The monoisotopic (exact) mass is 506 g/mol. The highest BCUT2D eigenvalue weighted by Gasteiger charge is 2.45. The molecule has 1 heterocycles. The number of aliphatic hydroxyl groups is 5. The van der Waals surface area contributed by atoms with Gasteiger partial charge in [-0.15, -0.1) is 0 Å². The van der Waals surface area contributed by atoms with Crippen LogP contribution < -0.4 is 0 Å². The molecule has 1 fully saturated rings. The zero-order chi connectivity index (χ0) is 26.1. The highest BCUT2D eigenvalue weighted by atomic mass is 16.7. The second-order valence-corrected chi connectivity index (χ2v) is 9.99. The van der Waals surface area contributed by atoms with Crippen molar-refractivity contribution in [2.75, 3.05) is 6.61 Å². The third-order valence-electron chi connectivity index (χ3n) is 6.82. The summed E-state index contributed by atoms with van der Waals surface area (Å²) in [6.45, 7) is 1.09. The van der Waals surface area contributed by atoms with Gasteiger partial charge in [-0.2, -0.15) is 0 Å². The molecule has 0 bridgehead atoms. The van der Waals surface area contributed by atoms with Gasteiger partial charge < -0.3 is 40.1 Å². The maximum absolute atomic E-state index is 10.5. The van der Waals surface area contributed by atoms with Crippen molar-refractivity contribution < 1.29 is 44.9 Å². The summed E-state index contributed by atoms with van der Waals surface area (Å²) >= 11 is 0. The molecule has 0 aromatic carbocycles. The Morgan fingerprint density at radius 2 is 1.23 bits per heavy atom. The Kier molecular flexibility index (Phi) is 17.8. The summed E-state index contributed by atoms with van der Waals surface area (Å²) in [5.41, 5.74) is 0. The average molecular weight is 507 g/mol. The van der Waals surface area contributed by atoms with E-state index in [1.807, 2.05) is 0 Å². The van der Waals surface area contributed by atoms with Gasteiger partial charge in [-0.25, -0.2) is 0 Å². The van der Waals surface area contributed by atoms with Gasteiger partial charge >= 0.3 is 5.97 Å². The van der Waals surface area contributed by atoms with Crippen LogP contribution in [0.15, 0.2) is 0 Å². The van der Waals surface area contributed by atoms with E-state index < -0.39 is 55.5 Å². The molecule has 1 saturated heterocycles. The van der Waals surface area contributed by atoms with Crippen molar-refractivity contribution in [2.24, 2.45) is 0 Å². The Bertz CT molecular complexity index is 529. The lowest BCUT2D eigenvalue weighted by Crippen LogP contribution is -2.60. The van der Waals surface area contributed by atoms with E-state index in [-0.39, 0.29) is 6.42 Å². The molecule has 7 atom stereocenters. The first-order valence-corrected chi connectivity index (χ1v) is 13.6. The molecule has 0 aliphatic carbocycles. The van der Waals surface area contributed by atoms with Gasteiger partial charge in [-0.05, 0) is 19.8 Å². The summed E-state index contributed by atoms with van der Waals surface area (Å²) in [5.74, 6) is -0.699. The van der Waals surface area contributed by atoms with Crippen LogP contribution >= 0.6 is 0 Å². The van der Waals surface area contributed by atoms with Gasteiger partial charge in [-0.3, -0.25) is 4.79 Å². The fourth-order valence-corrected chi connectivity index (χ4v) is 4.52. The lowest BCUT2D eigenvalue weighted by molar-refractivity contribution is -0.317. The van der Waals surface area contributed by atoms with Crippen LogP contribution in [0.3, 0.4) is 0 Å². The maximum atomic E-state index is 10.5. The number of hydrogen-bond donors (Lipinski definition) is 6. The van der Waals surface area contributed by atoms with E-state index in [2.05, 4.69) is 0 Å². The number of hydrogen-bond acceptors (Lipinski definition) is 8. The van der Waals surface area contributed by atoms with Crippen LogP contribution in [0.4, 0.5) is 0 Å². The molecule has 0 aromatic rings. The highest BCUT2D eigenvalue weighted by molar-refractivity contribution is 5.66. The fraction of sp³-hybridized carbons (Fsp3) is 0.962. The Morgan fingerprint density at radius 1 is 0.771 bits per heavy atom. The molecule has 6 N–H and O–H groups in total. The van der Waals surface area contributed by atoms with Crippen LogP contribution in [0.2, 0.25) is 0 Å². The number of ether oxygens (including phenoxy) is 2.